The van der Waals surface area contributed by atoms with E-state index in [4.69, 9.17) is 27.9 Å². The van der Waals surface area contributed by atoms with Gasteiger partial charge in [0, 0.05) is 26.2 Å². The molecule has 3 aromatic rings. The Balaban J connectivity index is 1.61. The highest BCUT2D eigenvalue weighted by Crippen LogP contribution is 2.32. The van der Waals surface area contributed by atoms with E-state index in [-0.39, 0.29) is 28.8 Å². The minimum absolute atomic E-state index is 0.252. The van der Waals surface area contributed by atoms with Gasteiger partial charge >= 0.3 is 6.09 Å². The molecule has 1 aromatic heterocycles. The van der Waals surface area contributed by atoms with Crippen LogP contribution in [-0.4, -0.2) is 42.7 Å². The molecule has 11 heteroatoms. The van der Waals surface area contributed by atoms with Crippen molar-refractivity contribution in [1.29, 1.82) is 0 Å². The summed E-state index contributed by atoms with van der Waals surface area (Å²) in [4.78, 5) is 34.3. The molecule has 0 fully saturated rings. The molecule has 2 amide bonds. The number of benzene rings is 2. The minimum atomic E-state index is -0.387. The highest BCUT2D eigenvalue weighted by Gasteiger charge is 2.20. The number of fused-ring (bicyclic) bond motifs is 1. The Labute approximate surface area is 200 Å². The zero-order valence-corrected chi connectivity index (χ0v) is 19.3. The summed E-state index contributed by atoms with van der Waals surface area (Å²) < 4.78 is 5.17. The number of ether oxygens (including phenoxy) is 1. The molecule has 1 aliphatic heterocycles. The van der Waals surface area contributed by atoms with E-state index in [1.54, 1.807) is 25.2 Å². The van der Waals surface area contributed by atoms with Gasteiger partial charge in [0.25, 0.3) is 5.91 Å². The van der Waals surface area contributed by atoms with Crippen molar-refractivity contribution in [3.63, 3.8) is 0 Å². The maximum absolute atomic E-state index is 12.2. The first-order chi connectivity index (χ1) is 15.9. The van der Waals surface area contributed by atoms with E-state index in [1.165, 1.54) is 18.1 Å². The predicted octanol–water partition coefficient (Wildman–Crippen LogP) is 4.76. The number of anilines is 5. The monoisotopic (exact) mass is 486 g/mol. The average molecular weight is 487 g/mol. The molecule has 0 bridgehead atoms. The van der Waals surface area contributed by atoms with Crippen molar-refractivity contribution >= 4 is 64.0 Å². The number of nitrogens with one attached hydrogen (secondary N) is 3. The largest absolute Gasteiger partial charge is 0.449 e. The molecule has 170 valence electrons. The van der Waals surface area contributed by atoms with Crippen LogP contribution in [0.2, 0.25) is 10.0 Å². The first-order valence-electron chi connectivity index (χ1n) is 9.98. The smallest absolute Gasteiger partial charge is 0.414 e. The Morgan fingerprint density at radius 1 is 1.15 bits per heavy atom. The Hall–Kier alpha value is -3.56. The highest BCUT2D eigenvalue weighted by atomic mass is 35.5. The van der Waals surface area contributed by atoms with Crippen LogP contribution in [0.4, 0.5) is 33.6 Å². The maximum Gasteiger partial charge on any atom is 0.414 e. The molecule has 0 saturated carbocycles. The van der Waals surface area contributed by atoms with Crippen LogP contribution in [-0.2, 0) is 11.2 Å². The molecule has 0 radical (unpaired) electrons. The summed E-state index contributed by atoms with van der Waals surface area (Å²) >= 11 is 12.6. The van der Waals surface area contributed by atoms with Crippen molar-refractivity contribution in [2.75, 3.05) is 36.2 Å². The molecular weight excluding hydrogens is 467 g/mol. The molecule has 0 spiro atoms. The number of para-hydroxylation sites is 1. The lowest BCUT2D eigenvalue weighted by Crippen LogP contribution is -2.25. The van der Waals surface area contributed by atoms with Crippen LogP contribution in [0.3, 0.4) is 0 Å². The molecule has 1 aliphatic rings. The van der Waals surface area contributed by atoms with Crippen LogP contribution in [0, 0.1) is 0 Å². The van der Waals surface area contributed by atoms with Crippen molar-refractivity contribution in [3.8, 4) is 0 Å². The molecule has 33 heavy (non-hydrogen) atoms. The van der Waals surface area contributed by atoms with Crippen LogP contribution < -0.4 is 20.9 Å². The standard InChI is InChI=1S/C22H20Cl2N6O3/c1-25-20(31)14-4-3-5-15(23)18(14)28-19-16(24)11-26-21(29-19)27-13-6-7-17-12(10-13)8-9-33-22(32)30(17)2/h3-7,10-11H,8-9H2,1-2H3,(H,25,31)(H2,26,27,28,29). The van der Waals surface area contributed by atoms with Crippen molar-refractivity contribution in [3.05, 3.63) is 63.8 Å². The van der Waals surface area contributed by atoms with Gasteiger partial charge in [-0.05, 0) is 35.9 Å². The van der Waals surface area contributed by atoms with Gasteiger partial charge in [-0.1, -0.05) is 29.3 Å². The van der Waals surface area contributed by atoms with Gasteiger partial charge in [0.05, 0.1) is 34.8 Å². The van der Waals surface area contributed by atoms with Crippen molar-refractivity contribution in [1.82, 2.24) is 15.3 Å². The Morgan fingerprint density at radius 2 is 1.97 bits per heavy atom. The second-order valence-corrected chi connectivity index (χ2v) is 7.96. The summed E-state index contributed by atoms with van der Waals surface area (Å²) in [5.41, 5.74) is 3.19. The van der Waals surface area contributed by atoms with E-state index in [0.717, 1.165) is 16.9 Å². The van der Waals surface area contributed by atoms with E-state index in [2.05, 4.69) is 25.9 Å². The van der Waals surface area contributed by atoms with Crippen LogP contribution in [0.25, 0.3) is 0 Å². The first-order valence-corrected chi connectivity index (χ1v) is 10.7. The fourth-order valence-corrected chi connectivity index (χ4v) is 3.73. The first kappa shape index (κ1) is 22.6. The molecule has 3 N–H and O–H groups in total. The fourth-order valence-electron chi connectivity index (χ4n) is 3.37. The van der Waals surface area contributed by atoms with Gasteiger partial charge in [-0.25, -0.2) is 9.78 Å². The average Bonchev–Trinajstić information content (AvgIpc) is 2.94. The topological polar surface area (TPSA) is 108 Å². The molecule has 0 atom stereocenters. The fraction of sp³-hybridized carbons (Fsp3) is 0.182. The number of halogens is 2. The Kier molecular flexibility index (Phi) is 6.52. The number of carbonyl (C=O) groups is 2. The highest BCUT2D eigenvalue weighted by molar-refractivity contribution is 6.35. The molecule has 9 nitrogen and oxygen atoms in total. The molecule has 0 aliphatic carbocycles. The van der Waals surface area contributed by atoms with Gasteiger partial charge in [0.2, 0.25) is 5.95 Å². The Bertz CT molecular complexity index is 1240. The van der Waals surface area contributed by atoms with Crippen molar-refractivity contribution < 1.29 is 14.3 Å². The molecular formula is C22H20Cl2N6O3. The number of hydrogen-bond acceptors (Lipinski definition) is 7. The number of amides is 2. The SMILES string of the molecule is CNC(=O)c1cccc(Cl)c1Nc1nc(Nc2ccc3c(c2)CCOC(=O)N3C)ncc1Cl. The predicted molar refractivity (Wildman–Crippen MR) is 128 cm³/mol. The number of aromatic nitrogens is 2. The summed E-state index contributed by atoms with van der Waals surface area (Å²) in [7, 11) is 3.20. The number of hydrogen-bond donors (Lipinski definition) is 3. The third-order valence-corrected chi connectivity index (χ3v) is 5.63. The van der Waals surface area contributed by atoms with Crippen molar-refractivity contribution in [2.24, 2.45) is 0 Å². The normalized spacial score (nSPS) is 13.0. The lowest BCUT2D eigenvalue weighted by Gasteiger charge is -2.17. The van der Waals surface area contributed by atoms with Gasteiger partial charge in [-0.3, -0.25) is 9.69 Å². The zero-order chi connectivity index (χ0) is 23.5. The minimum Gasteiger partial charge on any atom is -0.449 e. The van der Waals surface area contributed by atoms with Gasteiger partial charge in [-0.15, -0.1) is 0 Å². The van der Waals surface area contributed by atoms with Crippen LogP contribution in [0.15, 0.2) is 42.6 Å². The number of cyclic esters (lactones) is 1. The number of nitrogens with zero attached hydrogens (tertiary/aromatic N) is 3. The van der Waals surface area contributed by atoms with Gasteiger partial charge in [0.1, 0.15) is 5.02 Å². The van der Waals surface area contributed by atoms with Gasteiger partial charge in [-0.2, -0.15) is 4.98 Å². The second-order valence-electron chi connectivity index (χ2n) is 7.15. The third-order valence-electron chi connectivity index (χ3n) is 5.04. The van der Waals surface area contributed by atoms with Crippen LogP contribution in [0.1, 0.15) is 15.9 Å². The number of carbonyl (C=O) groups excluding carboxylic acids is 2. The van der Waals surface area contributed by atoms with E-state index < -0.39 is 0 Å². The summed E-state index contributed by atoms with van der Waals surface area (Å²) in [5, 5.41) is 9.35. The number of rotatable bonds is 5. The van der Waals surface area contributed by atoms with Gasteiger partial charge in [0.15, 0.2) is 5.82 Å². The zero-order valence-electron chi connectivity index (χ0n) is 17.8. The lowest BCUT2D eigenvalue weighted by molar-refractivity contribution is 0.0964. The molecule has 0 saturated heterocycles. The summed E-state index contributed by atoms with van der Waals surface area (Å²) in [6.07, 6.45) is 1.64. The summed E-state index contributed by atoms with van der Waals surface area (Å²) in [6, 6.07) is 10.5. The second kappa shape index (κ2) is 9.51. The van der Waals surface area contributed by atoms with Crippen molar-refractivity contribution in [2.45, 2.75) is 6.42 Å². The van der Waals surface area contributed by atoms with E-state index in [9.17, 15) is 9.59 Å². The summed E-state index contributed by atoms with van der Waals surface area (Å²) in [5.74, 6) is 0.256. The van der Waals surface area contributed by atoms with E-state index in [0.29, 0.717) is 29.3 Å². The molecule has 0 unspecified atom stereocenters. The van der Waals surface area contributed by atoms with Crippen LogP contribution in [0.5, 0.6) is 0 Å². The molecule has 2 heterocycles. The molecule has 4 rings (SSSR count). The van der Waals surface area contributed by atoms with Gasteiger partial charge < -0.3 is 20.7 Å². The summed E-state index contributed by atoms with van der Waals surface area (Å²) in [6.45, 7) is 0.302. The molecule has 2 aromatic carbocycles. The van der Waals surface area contributed by atoms with E-state index in [1.807, 2.05) is 18.2 Å². The van der Waals surface area contributed by atoms with Crippen LogP contribution >= 0.6 is 23.2 Å². The van der Waals surface area contributed by atoms with E-state index >= 15 is 0 Å². The quantitative estimate of drug-likeness (QED) is 0.476. The Morgan fingerprint density at radius 3 is 2.76 bits per heavy atom. The third kappa shape index (κ3) is 4.79. The lowest BCUT2D eigenvalue weighted by atomic mass is 10.1. The maximum atomic E-state index is 12.2.